The largest absolute Gasteiger partial charge is 0.497 e. The van der Waals surface area contributed by atoms with E-state index in [2.05, 4.69) is 32.3 Å². The Bertz CT molecular complexity index is 740. The molecule has 2 unspecified atom stereocenters. The number of methoxy groups -OCH3 is 1. The molecule has 0 saturated carbocycles. The van der Waals surface area contributed by atoms with E-state index >= 15 is 0 Å². The summed E-state index contributed by atoms with van der Waals surface area (Å²) in [5.41, 5.74) is 1.17. The topological polar surface area (TPSA) is 59.5 Å². The molecule has 2 atom stereocenters. The van der Waals surface area contributed by atoms with E-state index in [1.54, 1.807) is 7.11 Å². The van der Waals surface area contributed by atoms with Crippen LogP contribution in [0.4, 0.5) is 10.3 Å². The molecule has 0 amide bonds. The van der Waals surface area contributed by atoms with Gasteiger partial charge in [0.25, 0.3) is 0 Å². The minimum absolute atomic E-state index is 0.107. The van der Waals surface area contributed by atoms with Crippen molar-refractivity contribution in [1.82, 2.24) is 14.9 Å². The van der Waals surface area contributed by atoms with Gasteiger partial charge in [0.15, 0.2) is 5.82 Å². The molecular formula is C19H23FN4O2. The van der Waals surface area contributed by atoms with Crippen molar-refractivity contribution >= 4 is 5.95 Å². The van der Waals surface area contributed by atoms with E-state index in [-0.39, 0.29) is 11.6 Å². The number of anilines is 1. The molecule has 3 heterocycles. The van der Waals surface area contributed by atoms with Crippen LogP contribution in [0.25, 0.3) is 0 Å². The summed E-state index contributed by atoms with van der Waals surface area (Å²) >= 11 is 0. The molecule has 7 heteroatoms. The lowest BCUT2D eigenvalue weighted by molar-refractivity contribution is 0.0120. The van der Waals surface area contributed by atoms with Crippen molar-refractivity contribution in [3.8, 4) is 5.75 Å². The average Bonchev–Trinajstić information content (AvgIpc) is 3.24. The Hall–Kier alpha value is -2.25. The van der Waals surface area contributed by atoms with Crippen molar-refractivity contribution in [3.63, 3.8) is 0 Å². The van der Waals surface area contributed by atoms with E-state index in [0.717, 1.165) is 38.2 Å². The average molecular weight is 358 g/mol. The van der Waals surface area contributed by atoms with E-state index in [1.807, 2.05) is 12.1 Å². The number of rotatable bonds is 5. The standard InChI is InChI=1S/C19H23FN4O2/c1-25-17-4-2-14(3-5-17)11-24-7-6-19(13-24)8-16(12-26-19)23-18-21-9-15(20)10-22-18/h2-5,9-10,16H,6-8,11-13H2,1H3,(H,21,22,23). The van der Waals surface area contributed by atoms with Crippen LogP contribution in [-0.4, -0.2) is 53.3 Å². The highest BCUT2D eigenvalue weighted by molar-refractivity contribution is 5.28. The predicted molar refractivity (Wildman–Crippen MR) is 95.6 cm³/mol. The van der Waals surface area contributed by atoms with Crippen molar-refractivity contribution in [2.45, 2.75) is 31.0 Å². The van der Waals surface area contributed by atoms with Crippen LogP contribution in [0.3, 0.4) is 0 Å². The molecule has 0 radical (unpaired) electrons. The van der Waals surface area contributed by atoms with E-state index in [1.165, 1.54) is 18.0 Å². The van der Waals surface area contributed by atoms with Crippen molar-refractivity contribution in [2.75, 3.05) is 32.1 Å². The SMILES string of the molecule is COc1ccc(CN2CCC3(CC(Nc4ncc(F)cn4)CO3)C2)cc1. The zero-order chi connectivity index (χ0) is 18.0. The Balaban J connectivity index is 1.32. The molecule has 2 aliphatic rings. The summed E-state index contributed by atoms with van der Waals surface area (Å²) < 4.78 is 24.3. The third-order valence-electron chi connectivity index (χ3n) is 5.12. The fraction of sp³-hybridized carbons (Fsp3) is 0.474. The van der Waals surface area contributed by atoms with Crippen LogP contribution in [0.1, 0.15) is 18.4 Å². The first-order chi connectivity index (χ1) is 12.6. The first-order valence-corrected chi connectivity index (χ1v) is 8.87. The quantitative estimate of drug-likeness (QED) is 0.886. The van der Waals surface area contributed by atoms with Crippen LogP contribution in [0.5, 0.6) is 5.75 Å². The third-order valence-corrected chi connectivity index (χ3v) is 5.12. The second-order valence-electron chi connectivity index (χ2n) is 7.07. The molecule has 2 fully saturated rings. The van der Waals surface area contributed by atoms with E-state index in [0.29, 0.717) is 12.6 Å². The number of hydrogen-bond acceptors (Lipinski definition) is 6. The van der Waals surface area contributed by atoms with Crippen LogP contribution in [0.15, 0.2) is 36.7 Å². The molecule has 2 aromatic rings. The number of nitrogens with zero attached hydrogens (tertiary/aromatic N) is 3. The van der Waals surface area contributed by atoms with Crippen LogP contribution < -0.4 is 10.1 Å². The smallest absolute Gasteiger partial charge is 0.223 e. The summed E-state index contributed by atoms with van der Waals surface area (Å²) in [6, 6.07) is 8.36. The fourth-order valence-corrected chi connectivity index (χ4v) is 3.84. The van der Waals surface area contributed by atoms with Gasteiger partial charge < -0.3 is 14.8 Å². The lowest BCUT2D eigenvalue weighted by Crippen LogP contribution is -2.33. The van der Waals surface area contributed by atoms with Gasteiger partial charge in [-0.3, -0.25) is 4.90 Å². The van der Waals surface area contributed by atoms with Gasteiger partial charge in [0.2, 0.25) is 5.95 Å². The molecule has 1 N–H and O–H groups in total. The van der Waals surface area contributed by atoms with Crippen molar-refractivity contribution < 1.29 is 13.9 Å². The number of hydrogen-bond donors (Lipinski definition) is 1. The van der Waals surface area contributed by atoms with Gasteiger partial charge in [-0.15, -0.1) is 0 Å². The first-order valence-electron chi connectivity index (χ1n) is 8.87. The molecule has 1 spiro atoms. The zero-order valence-electron chi connectivity index (χ0n) is 14.8. The summed E-state index contributed by atoms with van der Waals surface area (Å²) in [4.78, 5) is 10.4. The molecule has 4 rings (SSSR count). The van der Waals surface area contributed by atoms with Crippen LogP contribution in [-0.2, 0) is 11.3 Å². The maximum atomic E-state index is 12.9. The minimum atomic E-state index is -0.431. The Morgan fingerprint density at radius 1 is 1.31 bits per heavy atom. The van der Waals surface area contributed by atoms with Crippen molar-refractivity contribution in [3.05, 3.63) is 48.0 Å². The predicted octanol–water partition coefficient (Wildman–Crippen LogP) is 2.47. The fourth-order valence-electron chi connectivity index (χ4n) is 3.84. The maximum absolute atomic E-state index is 12.9. The zero-order valence-corrected chi connectivity index (χ0v) is 14.8. The second-order valence-corrected chi connectivity index (χ2v) is 7.07. The lowest BCUT2D eigenvalue weighted by Gasteiger charge is -2.23. The summed E-state index contributed by atoms with van der Waals surface area (Å²) in [5.74, 6) is 0.896. The van der Waals surface area contributed by atoms with Gasteiger partial charge in [0.1, 0.15) is 5.75 Å². The Kier molecular flexibility index (Phi) is 4.74. The molecule has 2 saturated heterocycles. The summed E-state index contributed by atoms with van der Waals surface area (Å²) in [6.45, 7) is 3.47. The molecular weight excluding hydrogens is 335 g/mol. The number of halogens is 1. The van der Waals surface area contributed by atoms with Gasteiger partial charge in [-0.25, -0.2) is 14.4 Å². The highest BCUT2D eigenvalue weighted by Gasteiger charge is 2.45. The van der Waals surface area contributed by atoms with Crippen LogP contribution in [0, 0.1) is 5.82 Å². The second kappa shape index (κ2) is 7.17. The Morgan fingerprint density at radius 3 is 2.81 bits per heavy atom. The molecule has 1 aromatic carbocycles. The Labute approximate surface area is 152 Å². The van der Waals surface area contributed by atoms with Crippen LogP contribution >= 0.6 is 0 Å². The summed E-state index contributed by atoms with van der Waals surface area (Å²) in [7, 11) is 1.68. The van der Waals surface area contributed by atoms with E-state index in [9.17, 15) is 4.39 Å². The molecule has 138 valence electrons. The number of aromatic nitrogens is 2. The molecule has 1 aromatic heterocycles. The maximum Gasteiger partial charge on any atom is 0.223 e. The Morgan fingerprint density at radius 2 is 2.08 bits per heavy atom. The minimum Gasteiger partial charge on any atom is -0.497 e. The molecule has 0 aliphatic carbocycles. The van der Waals surface area contributed by atoms with Crippen molar-refractivity contribution in [2.24, 2.45) is 0 Å². The number of benzene rings is 1. The molecule has 2 aliphatic heterocycles. The number of nitrogens with one attached hydrogen (secondary N) is 1. The molecule has 0 bridgehead atoms. The van der Waals surface area contributed by atoms with Gasteiger partial charge in [-0.2, -0.15) is 0 Å². The highest BCUT2D eigenvalue weighted by Crippen LogP contribution is 2.36. The van der Waals surface area contributed by atoms with Gasteiger partial charge in [-0.1, -0.05) is 12.1 Å². The molecule has 6 nitrogen and oxygen atoms in total. The monoisotopic (exact) mass is 358 g/mol. The van der Waals surface area contributed by atoms with Crippen molar-refractivity contribution in [1.29, 1.82) is 0 Å². The lowest BCUT2D eigenvalue weighted by atomic mass is 9.97. The van der Waals surface area contributed by atoms with Gasteiger partial charge in [0.05, 0.1) is 37.8 Å². The van der Waals surface area contributed by atoms with Crippen LogP contribution in [0.2, 0.25) is 0 Å². The van der Waals surface area contributed by atoms with E-state index in [4.69, 9.17) is 9.47 Å². The van der Waals surface area contributed by atoms with Gasteiger partial charge in [0, 0.05) is 26.1 Å². The third kappa shape index (κ3) is 3.78. The summed E-state index contributed by atoms with van der Waals surface area (Å²) in [5, 5.41) is 3.25. The number of ether oxygens (including phenoxy) is 2. The first kappa shape index (κ1) is 17.2. The van der Waals surface area contributed by atoms with Gasteiger partial charge in [-0.05, 0) is 24.1 Å². The summed E-state index contributed by atoms with van der Waals surface area (Å²) in [6.07, 6.45) is 4.28. The highest BCUT2D eigenvalue weighted by atomic mass is 19.1. The van der Waals surface area contributed by atoms with E-state index < -0.39 is 5.82 Å². The number of likely N-dealkylation sites (tertiary alicyclic amines) is 1. The van der Waals surface area contributed by atoms with Gasteiger partial charge >= 0.3 is 0 Å². The molecule has 26 heavy (non-hydrogen) atoms. The normalized spacial score (nSPS) is 25.7.